The molecule has 0 aliphatic heterocycles. The zero-order valence-electron chi connectivity index (χ0n) is 12.3. The number of urea groups is 1. The summed E-state index contributed by atoms with van der Waals surface area (Å²) in [6, 6.07) is 2.41. The van der Waals surface area contributed by atoms with Gasteiger partial charge in [-0.15, -0.1) is 0 Å². The highest BCUT2D eigenvalue weighted by atomic mass is 19.1. The molecule has 0 aromatic heterocycles. The first-order valence-corrected chi connectivity index (χ1v) is 6.66. The Bertz CT molecular complexity index is 577. The van der Waals surface area contributed by atoms with Crippen molar-refractivity contribution in [3.63, 3.8) is 0 Å². The number of nitrogens with one attached hydrogen (secondary N) is 2. The van der Waals surface area contributed by atoms with Gasteiger partial charge < -0.3 is 15.8 Å². The Morgan fingerprint density at radius 1 is 1.36 bits per heavy atom. The molecule has 1 aromatic carbocycles. The summed E-state index contributed by atoms with van der Waals surface area (Å²) in [5.41, 5.74) is 5.32. The Morgan fingerprint density at radius 2 is 2.05 bits per heavy atom. The minimum atomic E-state index is -0.880. The van der Waals surface area contributed by atoms with Gasteiger partial charge in [-0.05, 0) is 31.5 Å². The molecular weight excluding hydrogens is 293 g/mol. The number of halogens is 1. The van der Waals surface area contributed by atoms with Crippen LogP contribution < -0.4 is 16.4 Å². The van der Waals surface area contributed by atoms with Gasteiger partial charge in [-0.1, -0.05) is 6.92 Å². The highest BCUT2D eigenvalue weighted by Crippen LogP contribution is 2.14. The van der Waals surface area contributed by atoms with Crippen LogP contribution in [0.5, 0.6) is 0 Å². The van der Waals surface area contributed by atoms with E-state index in [0.717, 1.165) is 18.2 Å². The van der Waals surface area contributed by atoms with E-state index in [1.807, 2.05) is 12.2 Å². The summed E-state index contributed by atoms with van der Waals surface area (Å²) in [6.45, 7) is 3.01. The molecule has 4 N–H and O–H groups in total. The fourth-order valence-electron chi connectivity index (χ4n) is 1.45. The van der Waals surface area contributed by atoms with Crippen LogP contribution in [0, 0.1) is 5.82 Å². The third-order valence-electron chi connectivity index (χ3n) is 2.81. The fourth-order valence-corrected chi connectivity index (χ4v) is 1.45. The number of carbonyl (C=O) groups excluding carboxylic acids is 3. The number of hydrogen-bond acceptors (Lipinski definition) is 5. The number of imide groups is 1. The van der Waals surface area contributed by atoms with Crippen molar-refractivity contribution in [1.29, 1.82) is 0 Å². The van der Waals surface area contributed by atoms with Gasteiger partial charge in [0.1, 0.15) is 5.82 Å². The third-order valence-corrected chi connectivity index (χ3v) is 2.81. The van der Waals surface area contributed by atoms with Crippen LogP contribution in [-0.2, 0) is 9.53 Å². The lowest BCUT2D eigenvalue weighted by Crippen LogP contribution is -2.44. The predicted octanol–water partition coefficient (Wildman–Crippen LogP) is 1.19. The maximum atomic E-state index is 12.9. The monoisotopic (exact) mass is 311 g/mol. The lowest BCUT2D eigenvalue weighted by molar-refractivity contribution is -0.123. The van der Waals surface area contributed by atoms with Gasteiger partial charge in [0.25, 0.3) is 5.91 Å². The zero-order valence-corrected chi connectivity index (χ0v) is 12.3. The molecule has 0 unspecified atom stereocenters. The van der Waals surface area contributed by atoms with Crippen LogP contribution in [0.4, 0.5) is 14.9 Å². The fraction of sp³-hybridized carbons (Fsp3) is 0.357. The van der Waals surface area contributed by atoms with Crippen molar-refractivity contribution in [2.75, 3.05) is 12.3 Å². The van der Waals surface area contributed by atoms with Crippen molar-refractivity contribution < 1.29 is 23.5 Å². The van der Waals surface area contributed by atoms with Gasteiger partial charge in [-0.25, -0.2) is 14.0 Å². The van der Waals surface area contributed by atoms with E-state index in [9.17, 15) is 18.8 Å². The number of amides is 3. The largest absolute Gasteiger partial charge is 0.452 e. The molecule has 0 spiro atoms. The number of nitrogens with two attached hydrogens (primary N) is 1. The van der Waals surface area contributed by atoms with Gasteiger partial charge in [-0.2, -0.15) is 0 Å². The average molecular weight is 311 g/mol. The van der Waals surface area contributed by atoms with Crippen molar-refractivity contribution in [2.24, 2.45) is 0 Å². The molecule has 1 atom stereocenters. The second kappa shape index (κ2) is 7.96. The summed E-state index contributed by atoms with van der Waals surface area (Å²) in [7, 11) is 0. The number of hydrogen-bond donors (Lipinski definition) is 3. The molecular formula is C14H18FN3O4. The average Bonchev–Trinajstić information content (AvgIpc) is 2.44. The van der Waals surface area contributed by atoms with E-state index in [1.165, 1.54) is 0 Å². The Kier molecular flexibility index (Phi) is 6.30. The summed E-state index contributed by atoms with van der Waals surface area (Å²) in [4.78, 5) is 34.5. The van der Waals surface area contributed by atoms with E-state index in [4.69, 9.17) is 10.5 Å². The summed E-state index contributed by atoms with van der Waals surface area (Å²) in [5.74, 6) is -2.25. The van der Waals surface area contributed by atoms with Gasteiger partial charge in [0.2, 0.25) is 0 Å². The van der Waals surface area contributed by atoms with Crippen LogP contribution >= 0.6 is 0 Å². The van der Waals surface area contributed by atoms with Crippen LogP contribution in [-0.4, -0.2) is 30.6 Å². The number of rotatable bonds is 5. The minimum Gasteiger partial charge on any atom is -0.452 e. The molecule has 3 amide bonds. The van der Waals surface area contributed by atoms with Crippen LogP contribution in [0.3, 0.4) is 0 Å². The highest BCUT2D eigenvalue weighted by molar-refractivity contribution is 5.98. The lowest BCUT2D eigenvalue weighted by atomic mass is 10.2. The molecule has 1 aromatic rings. The molecule has 0 fully saturated rings. The summed E-state index contributed by atoms with van der Waals surface area (Å²) in [6.07, 6.45) is 0.709. The maximum Gasteiger partial charge on any atom is 0.340 e. The Labute approximate surface area is 127 Å². The van der Waals surface area contributed by atoms with E-state index < -0.39 is 30.3 Å². The lowest BCUT2D eigenvalue weighted by Gasteiger charge is -2.12. The molecule has 0 bridgehead atoms. The van der Waals surface area contributed by atoms with Gasteiger partial charge in [-0.3, -0.25) is 10.1 Å². The second-order valence-electron chi connectivity index (χ2n) is 4.64. The highest BCUT2D eigenvalue weighted by Gasteiger charge is 2.15. The van der Waals surface area contributed by atoms with Crippen molar-refractivity contribution in [3.8, 4) is 0 Å². The molecule has 0 saturated carbocycles. The van der Waals surface area contributed by atoms with E-state index >= 15 is 0 Å². The van der Waals surface area contributed by atoms with Gasteiger partial charge >= 0.3 is 12.0 Å². The summed E-state index contributed by atoms with van der Waals surface area (Å²) >= 11 is 0. The number of ether oxygens (including phenoxy) is 1. The van der Waals surface area contributed by atoms with Crippen LogP contribution in [0.25, 0.3) is 0 Å². The molecule has 1 rings (SSSR count). The Morgan fingerprint density at radius 3 is 2.64 bits per heavy atom. The molecule has 120 valence electrons. The summed E-state index contributed by atoms with van der Waals surface area (Å²) in [5, 5.41) is 4.54. The van der Waals surface area contributed by atoms with Gasteiger partial charge in [0.05, 0.1) is 5.56 Å². The molecule has 0 aliphatic rings. The van der Waals surface area contributed by atoms with Crippen LogP contribution in [0.1, 0.15) is 30.6 Å². The number of carbonyl (C=O) groups is 3. The molecule has 0 heterocycles. The van der Waals surface area contributed by atoms with Crippen LogP contribution in [0.15, 0.2) is 18.2 Å². The van der Waals surface area contributed by atoms with E-state index in [0.29, 0.717) is 6.42 Å². The number of nitrogen functional groups attached to an aromatic ring is 1. The molecule has 7 nitrogen and oxygen atoms in total. The van der Waals surface area contributed by atoms with E-state index in [2.05, 4.69) is 5.32 Å². The first kappa shape index (κ1) is 17.4. The molecule has 0 saturated heterocycles. The smallest absolute Gasteiger partial charge is 0.340 e. The molecule has 0 aliphatic carbocycles. The first-order chi connectivity index (χ1) is 10.3. The van der Waals surface area contributed by atoms with Crippen molar-refractivity contribution in [2.45, 2.75) is 26.3 Å². The van der Waals surface area contributed by atoms with Crippen molar-refractivity contribution >= 4 is 23.6 Å². The SMILES string of the molecule is CC[C@@H](C)NC(=O)NC(=O)COC(=O)c1ccc(F)cc1N. The minimum absolute atomic E-state index is 0.0572. The Hall–Kier alpha value is -2.64. The molecule has 0 radical (unpaired) electrons. The Balaban J connectivity index is 2.46. The number of anilines is 1. The normalized spacial score (nSPS) is 11.4. The standard InChI is InChI=1S/C14H18FN3O4/c1-3-8(2)17-14(21)18-12(19)7-22-13(20)10-5-4-9(15)6-11(10)16/h4-6,8H,3,7,16H2,1-2H3,(H2,17,18,19,21)/t8-/m1/s1. The van der Waals surface area contributed by atoms with Crippen molar-refractivity contribution in [3.05, 3.63) is 29.6 Å². The quantitative estimate of drug-likeness (QED) is 0.559. The number of esters is 1. The third kappa shape index (κ3) is 5.39. The molecule has 8 heteroatoms. The maximum absolute atomic E-state index is 12.9. The van der Waals surface area contributed by atoms with Crippen molar-refractivity contribution in [1.82, 2.24) is 10.6 Å². The topological polar surface area (TPSA) is 111 Å². The number of benzene rings is 1. The first-order valence-electron chi connectivity index (χ1n) is 6.66. The van der Waals surface area contributed by atoms with Gasteiger partial charge in [0, 0.05) is 11.7 Å². The van der Waals surface area contributed by atoms with E-state index in [-0.39, 0.29) is 17.3 Å². The van der Waals surface area contributed by atoms with Gasteiger partial charge in [0.15, 0.2) is 6.61 Å². The molecule has 22 heavy (non-hydrogen) atoms. The van der Waals surface area contributed by atoms with E-state index in [1.54, 1.807) is 6.92 Å². The summed E-state index contributed by atoms with van der Waals surface area (Å²) < 4.78 is 17.6. The second-order valence-corrected chi connectivity index (χ2v) is 4.64. The van der Waals surface area contributed by atoms with Crippen LogP contribution in [0.2, 0.25) is 0 Å². The zero-order chi connectivity index (χ0) is 16.7. The predicted molar refractivity (Wildman–Crippen MR) is 77.5 cm³/mol.